The van der Waals surface area contributed by atoms with Gasteiger partial charge in [-0.05, 0) is 6.92 Å². The van der Waals surface area contributed by atoms with Crippen LogP contribution in [0, 0.1) is 6.92 Å². The van der Waals surface area contributed by atoms with Crippen molar-refractivity contribution in [2.24, 2.45) is 7.05 Å². The Kier molecular flexibility index (Phi) is 3.19. The maximum Gasteiger partial charge on any atom is 0.191 e. The minimum Gasteiger partial charge on any atom is -0.373 e. The topological polar surface area (TPSA) is 68.5 Å². The number of aromatic nitrogens is 5. The highest BCUT2D eigenvalue weighted by Crippen LogP contribution is 2.25. The van der Waals surface area contributed by atoms with Crippen molar-refractivity contribution in [2.45, 2.75) is 6.92 Å². The molecule has 0 fully saturated rings. The monoisotopic (exact) mass is 286 g/mol. The molecule has 0 aliphatic heterocycles. The van der Waals surface area contributed by atoms with Crippen molar-refractivity contribution >= 4 is 17.2 Å². The predicted molar refractivity (Wildman–Crippen MR) is 79.6 cm³/mol. The summed E-state index contributed by atoms with van der Waals surface area (Å²) in [5.74, 6) is 1.40. The van der Waals surface area contributed by atoms with Gasteiger partial charge in [-0.15, -0.1) is 11.3 Å². The fourth-order valence-electron chi connectivity index (χ4n) is 1.83. The van der Waals surface area contributed by atoms with Gasteiger partial charge in [-0.25, -0.2) is 15.0 Å². The van der Waals surface area contributed by atoms with Gasteiger partial charge in [0.15, 0.2) is 10.8 Å². The summed E-state index contributed by atoms with van der Waals surface area (Å²) < 4.78 is 1.75. The summed E-state index contributed by atoms with van der Waals surface area (Å²) in [4.78, 5) is 13.5. The average Bonchev–Trinajstić information content (AvgIpc) is 3.07. The van der Waals surface area contributed by atoms with E-state index in [1.807, 2.05) is 38.7 Å². The molecule has 0 amide bonds. The van der Waals surface area contributed by atoms with E-state index in [4.69, 9.17) is 0 Å². The standard InChI is InChI=1S/C13H14N6S/c1-8-7-20-13(16-8)12-17-10(4-11(14-2)18-12)9-5-15-19(3)6-9/h4-7H,1-3H3,(H,14,17,18). The van der Waals surface area contributed by atoms with Crippen LogP contribution in [0.1, 0.15) is 5.69 Å². The lowest BCUT2D eigenvalue weighted by Crippen LogP contribution is -1.98. The summed E-state index contributed by atoms with van der Waals surface area (Å²) in [6.07, 6.45) is 3.72. The van der Waals surface area contributed by atoms with E-state index in [2.05, 4.69) is 25.4 Å². The Balaban J connectivity index is 2.12. The second-order valence-electron chi connectivity index (χ2n) is 4.41. The molecule has 6 nitrogen and oxygen atoms in total. The van der Waals surface area contributed by atoms with Crippen LogP contribution in [0.4, 0.5) is 5.82 Å². The minimum absolute atomic E-state index is 0.633. The Morgan fingerprint density at radius 2 is 2.10 bits per heavy atom. The molecule has 0 atom stereocenters. The number of aryl methyl sites for hydroxylation is 2. The fourth-order valence-corrected chi connectivity index (χ4v) is 2.56. The molecule has 20 heavy (non-hydrogen) atoms. The van der Waals surface area contributed by atoms with E-state index in [0.29, 0.717) is 5.82 Å². The highest BCUT2D eigenvalue weighted by atomic mass is 32.1. The quantitative estimate of drug-likeness (QED) is 0.800. The van der Waals surface area contributed by atoms with Crippen molar-refractivity contribution in [1.82, 2.24) is 24.7 Å². The first-order chi connectivity index (χ1) is 9.65. The number of hydrogen-bond acceptors (Lipinski definition) is 6. The third kappa shape index (κ3) is 2.39. The van der Waals surface area contributed by atoms with Gasteiger partial charge in [0, 0.05) is 43.0 Å². The van der Waals surface area contributed by atoms with Crippen LogP contribution in [0.15, 0.2) is 23.8 Å². The molecule has 0 aromatic carbocycles. The van der Waals surface area contributed by atoms with Gasteiger partial charge in [0.2, 0.25) is 0 Å². The van der Waals surface area contributed by atoms with Crippen LogP contribution in [-0.4, -0.2) is 31.8 Å². The zero-order chi connectivity index (χ0) is 14.1. The first-order valence-electron chi connectivity index (χ1n) is 6.14. The predicted octanol–water partition coefficient (Wildman–Crippen LogP) is 2.35. The van der Waals surface area contributed by atoms with Crippen LogP contribution in [0.5, 0.6) is 0 Å². The summed E-state index contributed by atoms with van der Waals surface area (Å²) in [5.41, 5.74) is 2.77. The number of nitrogens with one attached hydrogen (secondary N) is 1. The van der Waals surface area contributed by atoms with Crippen LogP contribution >= 0.6 is 11.3 Å². The van der Waals surface area contributed by atoms with E-state index in [0.717, 1.165) is 27.8 Å². The molecule has 1 N–H and O–H groups in total. The maximum absolute atomic E-state index is 4.59. The average molecular weight is 286 g/mol. The van der Waals surface area contributed by atoms with Gasteiger partial charge < -0.3 is 5.32 Å². The lowest BCUT2D eigenvalue weighted by Gasteiger charge is -2.04. The highest BCUT2D eigenvalue weighted by molar-refractivity contribution is 7.13. The first kappa shape index (κ1) is 12.7. The molecule has 0 radical (unpaired) electrons. The molecule has 0 spiro atoms. The Morgan fingerprint density at radius 1 is 1.25 bits per heavy atom. The summed E-state index contributed by atoms with van der Waals surface area (Å²) in [7, 11) is 3.72. The van der Waals surface area contributed by atoms with Gasteiger partial charge in [0.05, 0.1) is 11.9 Å². The lowest BCUT2D eigenvalue weighted by molar-refractivity contribution is 0.768. The molecule has 0 saturated heterocycles. The smallest absolute Gasteiger partial charge is 0.191 e. The molecule has 0 aliphatic carbocycles. The maximum atomic E-state index is 4.59. The largest absolute Gasteiger partial charge is 0.373 e. The summed E-state index contributed by atoms with van der Waals surface area (Å²) in [5, 5.41) is 10.1. The summed E-state index contributed by atoms with van der Waals surface area (Å²) in [6.45, 7) is 1.96. The molecule has 3 heterocycles. The second kappa shape index (κ2) is 5.01. The van der Waals surface area contributed by atoms with E-state index in [1.54, 1.807) is 22.2 Å². The number of thiazole rings is 1. The Bertz CT molecular complexity index is 686. The molecular weight excluding hydrogens is 272 g/mol. The van der Waals surface area contributed by atoms with Crippen molar-refractivity contribution in [2.75, 3.05) is 12.4 Å². The molecule has 3 aromatic heterocycles. The zero-order valence-electron chi connectivity index (χ0n) is 11.5. The molecule has 0 unspecified atom stereocenters. The summed E-state index contributed by atoms with van der Waals surface area (Å²) >= 11 is 1.55. The second-order valence-corrected chi connectivity index (χ2v) is 5.27. The number of hydrogen-bond donors (Lipinski definition) is 1. The van der Waals surface area contributed by atoms with Crippen molar-refractivity contribution in [3.63, 3.8) is 0 Å². The highest BCUT2D eigenvalue weighted by Gasteiger charge is 2.11. The van der Waals surface area contributed by atoms with E-state index in [-0.39, 0.29) is 0 Å². The summed E-state index contributed by atoms with van der Waals surface area (Å²) in [6, 6.07) is 1.90. The van der Waals surface area contributed by atoms with Crippen molar-refractivity contribution in [3.8, 4) is 22.1 Å². The van der Waals surface area contributed by atoms with Crippen LogP contribution in [0.25, 0.3) is 22.1 Å². The van der Waals surface area contributed by atoms with Gasteiger partial charge in [-0.1, -0.05) is 0 Å². The lowest BCUT2D eigenvalue weighted by atomic mass is 10.2. The Labute approximate surface area is 120 Å². The molecule has 3 aromatic rings. The van der Waals surface area contributed by atoms with Crippen molar-refractivity contribution in [3.05, 3.63) is 29.5 Å². The molecule has 0 saturated carbocycles. The minimum atomic E-state index is 0.633. The molecule has 0 aliphatic rings. The van der Waals surface area contributed by atoms with E-state index >= 15 is 0 Å². The van der Waals surface area contributed by atoms with E-state index in [9.17, 15) is 0 Å². The van der Waals surface area contributed by atoms with Crippen LogP contribution in [0.2, 0.25) is 0 Å². The SMILES string of the molecule is CNc1cc(-c2cnn(C)c2)nc(-c2nc(C)cs2)n1. The van der Waals surface area contributed by atoms with E-state index in [1.165, 1.54) is 0 Å². The normalized spacial score (nSPS) is 10.8. The Hall–Kier alpha value is -2.28. The van der Waals surface area contributed by atoms with Gasteiger partial charge >= 0.3 is 0 Å². The molecule has 7 heteroatoms. The van der Waals surface area contributed by atoms with Gasteiger partial charge in [-0.2, -0.15) is 5.10 Å². The zero-order valence-corrected chi connectivity index (χ0v) is 12.3. The first-order valence-corrected chi connectivity index (χ1v) is 7.02. The third-order valence-corrected chi connectivity index (χ3v) is 3.75. The van der Waals surface area contributed by atoms with Crippen LogP contribution in [-0.2, 0) is 7.05 Å². The van der Waals surface area contributed by atoms with Crippen LogP contribution in [0.3, 0.4) is 0 Å². The molecule has 102 valence electrons. The Morgan fingerprint density at radius 3 is 2.70 bits per heavy atom. The number of rotatable bonds is 3. The van der Waals surface area contributed by atoms with Gasteiger partial charge in [0.25, 0.3) is 0 Å². The number of anilines is 1. The molecular formula is C13H14N6S. The van der Waals surface area contributed by atoms with Crippen molar-refractivity contribution in [1.29, 1.82) is 0 Å². The fraction of sp³-hybridized carbons (Fsp3) is 0.231. The number of nitrogens with zero attached hydrogens (tertiary/aromatic N) is 5. The van der Waals surface area contributed by atoms with Crippen LogP contribution < -0.4 is 5.32 Å². The molecule has 3 rings (SSSR count). The molecule has 0 bridgehead atoms. The van der Waals surface area contributed by atoms with Gasteiger partial charge in [0.1, 0.15) is 5.82 Å². The van der Waals surface area contributed by atoms with Crippen molar-refractivity contribution < 1.29 is 0 Å². The third-order valence-electron chi connectivity index (χ3n) is 2.79. The van der Waals surface area contributed by atoms with E-state index < -0.39 is 0 Å². The van der Waals surface area contributed by atoms with Gasteiger partial charge in [-0.3, -0.25) is 4.68 Å².